The summed E-state index contributed by atoms with van der Waals surface area (Å²) in [5.41, 5.74) is 4.37. The molecule has 0 aromatic heterocycles. The molecule has 1 aliphatic rings. The molecule has 2 atom stereocenters. The first kappa shape index (κ1) is 28.5. The zero-order chi connectivity index (χ0) is 27.7. The average molecular weight is 544 g/mol. The van der Waals surface area contributed by atoms with Gasteiger partial charge in [-0.1, -0.05) is 109 Å². The first-order chi connectivity index (χ1) is 19.0. The second kappa shape index (κ2) is 13.5. The molecule has 3 aromatic rings. The first-order valence-electron chi connectivity index (χ1n) is 13.1. The number of nitrogens with zero attached hydrogens (tertiary/aromatic N) is 3. The molecule has 6 nitrogen and oxygen atoms in total. The normalized spacial score (nSPS) is 17.7. The number of oxime groups is 1. The monoisotopic (exact) mass is 543 g/mol. The lowest BCUT2D eigenvalue weighted by Crippen LogP contribution is -2.44. The SMILES string of the molecule is C=CCOC(=O)N1C[C@@H](SC(c2ccccc2)(c2ccccc2)c2ccccc2)C[C@H]1/C(CN(C)C)=N/OC. The predicted octanol–water partition coefficient (Wildman–Crippen LogP) is 6.04. The summed E-state index contributed by atoms with van der Waals surface area (Å²) in [6.07, 6.45) is 1.94. The minimum absolute atomic E-state index is 0.0936. The number of amides is 1. The van der Waals surface area contributed by atoms with Crippen molar-refractivity contribution in [1.82, 2.24) is 9.80 Å². The third kappa shape index (κ3) is 6.54. The molecule has 204 valence electrons. The third-order valence-corrected chi connectivity index (χ3v) is 8.51. The van der Waals surface area contributed by atoms with Crippen LogP contribution in [0.1, 0.15) is 23.1 Å². The molecule has 1 heterocycles. The van der Waals surface area contributed by atoms with E-state index in [1.165, 1.54) is 16.7 Å². The van der Waals surface area contributed by atoms with E-state index < -0.39 is 4.75 Å². The number of rotatable bonds is 11. The van der Waals surface area contributed by atoms with Crippen molar-refractivity contribution in [2.45, 2.75) is 22.5 Å². The van der Waals surface area contributed by atoms with E-state index in [2.05, 4.69) is 84.5 Å². The van der Waals surface area contributed by atoms with Crippen LogP contribution in [0.2, 0.25) is 0 Å². The molecule has 0 bridgehead atoms. The minimum Gasteiger partial charge on any atom is -0.445 e. The van der Waals surface area contributed by atoms with Crippen LogP contribution in [0.4, 0.5) is 4.79 Å². The van der Waals surface area contributed by atoms with Gasteiger partial charge >= 0.3 is 6.09 Å². The van der Waals surface area contributed by atoms with E-state index in [1.54, 1.807) is 18.1 Å². The van der Waals surface area contributed by atoms with Crippen molar-refractivity contribution in [3.63, 3.8) is 0 Å². The van der Waals surface area contributed by atoms with Crippen molar-refractivity contribution >= 4 is 23.6 Å². The maximum atomic E-state index is 13.3. The van der Waals surface area contributed by atoms with Gasteiger partial charge < -0.3 is 14.5 Å². The Balaban J connectivity index is 1.80. The largest absolute Gasteiger partial charge is 0.445 e. The van der Waals surface area contributed by atoms with Gasteiger partial charge in [-0.2, -0.15) is 0 Å². The van der Waals surface area contributed by atoms with Crippen molar-refractivity contribution in [2.75, 3.05) is 40.9 Å². The molecule has 0 spiro atoms. The van der Waals surface area contributed by atoms with Gasteiger partial charge in [-0.15, -0.1) is 11.8 Å². The van der Waals surface area contributed by atoms with E-state index in [1.807, 2.05) is 49.0 Å². The minimum atomic E-state index is -0.486. The summed E-state index contributed by atoms with van der Waals surface area (Å²) in [7, 11) is 5.51. The van der Waals surface area contributed by atoms with Crippen molar-refractivity contribution in [3.8, 4) is 0 Å². The van der Waals surface area contributed by atoms with E-state index in [9.17, 15) is 4.79 Å². The summed E-state index contributed by atoms with van der Waals surface area (Å²) < 4.78 is 5.04. The van der Waals surface area contributed by atoms with Crippen molar-refractivity contribution in [2.24, 2.45) is 5.16 Å². The van der Waals surface area contributed by atoms with Gasteiger partial charge in [0.15, 0.2) is 0 Å². The molecule has 4 rings (SSSR count). The molecule has 39 heavy (non-hydrogen) atoms. The maximum Gasteiger partial charge on any atom is 0.410 e. The predicted molar refractivity (Wildman–Crippen MR) is 160 cm³/mol. The maximum absolute atomic E-state index is 13.3. The summed E-state index contributed by atoms with van der Waals surface area (Å²) in [4.78, 5) is 22.3. The number of likely N-dealkylation sites (tertiary alicyclic amines) is 1. The van der Waals surface area contributed by atoms with Crippen LogP contribution in [0.5, 0.6) is 0 Å². The van der Waals surface area contributed by atoms with Crippen LogP contribution in [0.25, 0.3) is 0 Å². The Hall–Kier alpha value is -3.55. The Bertz CT molecular complexity index is 1140. The Morgan fingerprint density at radius 2 is 1.51 bits per heavy atom. The number of thioether (sulfide) groups is 1. The smallest absolute Gasteiger partial charge is 0.410 e. The van der Waals surface area contributed by atoms with Gasteiger partial charge in [0.1, 0.15) is 13.7 Å². The second-order valence-electron chi connectivity index (χ2n) is 9.79. The van der Waals surface area contributed by atoms with Gasteiger partial charge in [-0.05, 0) is 37.2 Å². The molecule has 0 unspecified atom stereocenters. The number of hydrogen-bond acceptors (Lipinski definition) is 6. The zero-order valence-corrected chi connectivity index (χ0v) is 23.7. The van der Waals surface area contributed by atoms with Crippen molar-refractivity contribution in [3.05, 3.63) is 120 Å². The highest BCUT2D eigenvalue weighted by Gasteiger charge is 2.46. The Morgan fingerprint density at radius 3 is 1.95 bits per heavy atom. The van der Waals surface area contributed by atoms with E-state index in [0.717, 1.165) is 12.1 Å². The molecular formula is C32H37N3O3S. The lowest BCUT2D eigenvalue weighted by atomic mass is 9.84. The summed E-state index contributed by atoms with van der Waals surface area (Å²) in [6, 6.07) is 31.6. The van der Waals surface area contributed by atoms with Gasteiger partial charge in [0.25, 0.3) is 0 Å². The van der Waals surface area contributed by atoms with E-state index in [-0.39, 0.29) is 24.0 Å². The van der Waals surface area contributed by atoms with Crippen LogP contribution in [-0.4, -0.2) is 73.8 Å². The fraction of sp³-hybridized carbons (Fsp3) is 0.312. The third-order valence-electron chi connectivity index (χ3n) is 6.78. The van der Waals surface area contributed by atoms with Crippen molar-refractivity contribution < 1.29 is 14.4 Å². The fourth-order valence-corrected chi connectivity index (χ4v) is 7.05. The van der Waals surface area contributed by atoms with Gasteiger partial charge in [-0.25, -0.2) is 4.79 Å². The Kier molecular flexibility index (Phi) is 9.85. The number of benzene rings is 3. The van der Waals surface area contributed by atoms with Gasteiger partial charge in [0.05, 0.1) is 16.5 Å². The molecule has 1 aliphatic heterocycles. The van der Waals surface area contributed by atoms with Crippen LogP contribution in [0, 0.1) is 0 Å². The summed E-state index contributed by atoms with van der Waals surface area (Å²) in [5.74, 6) is 0. The Labute approximate surface area is 236 Å². The quantitative estimate of drug-likeness (QED) is 0.128. The van der Waals surface area contributed by atoms with Crippen LogP contribution >= 0.6 is 11.8 Å². The highest BCUT2D eigenvalue weighted by molar-refractivity contribution is 8.01. The van der Waals surface area contributed by atoms with Crippen LogP contribution in [-0.2, 0) is 14.3 Å². The molecule has 0 N–H and O–H groups in total. The topological polar surface area (TPSA) is 54.4 Å². The van der Waals surface area contributed by atoms with Crippen molar-refractivity contribution in [1.29, 1.82) is 0 Å². The van der Waals surface area contributed by atoms with Crippen LogP contribution < -0.4 is 0 Å². The van der Waals surface area contributed by atoms with E-state index in [4.69, 9.17) is 9.57 Å². The highest BCUT2D eigenvalue weighted by Crippen LogP contribution is 2.52. The molecule has 1 fully saturated rings. The Morgan fingerprint density at radius 1 is 1.00 bits per heavy atom. The molecule has 3 aromatic carbocycles. The van der Waals surface area contributed by atoms with Gasteiger partial charge in [0, 0.05) is 18.3 Å². The number of ether oxygens (including phenoxy) is 1. The van der Waals surface area contributed by atoms with E-state index >= 15 is 0 Å². The van der Waals surface area contributed by atoms with Crippen LogP contribution in [0.15, 0.2) is 109 Å². The number of hydrogen-bond donors (Lipinski definition) is 0. The number of carbonyl (C=O) groups excluding carboxylic acids is 1. The van der Waals surface area contributed by atoms with E-state index in [0.29, 0.717) is 13.1 Å². The zero-order valence-electron chi connectivity index (χ0n) is 22.9. The summed E-state index contributed by atoms with van der Waals surface area (Å²) in [5, 5.41) is 4.45. The molecule has 0 radical (unpaired) electrons. The van der Waals surface area contributed by atoms with Gasteiger partial charge in [0.2, 0.25) is 0 Å². The lowest BCUT2D eigenvalue weighted by molar-refractivity contribution is 0.114. The molecular weight excluding hydrogens is 506 g/mol. The standard InChI is InChI=1S/C32H37N3O3S/c1-5-21-38-31(36)35-23-28(22-30(35)29(33-37-4)24-34(2)3)39-32(25-15-9-6-10-16-25,26-17-11-7-12-18-26)27-19-13-8-14-20-27/h5-20,28,30H,1,21-24H2,2-4H3/b33-29+/t28-,30-/m0/s1. The first-order valence-corrected chi connectivity index (χ1v) is 14.0. The molecule has 1 amide bonds. The summed E-state index contributed by atoms with van der Waals surface area (Å²) >= 11 is 1.88. The fourth-order valence-electron chi connectivity index (χ4n) is 5.22. The average Bonchev–Trinajstić information content (AvgIpc) is 3.39. The highest BCUT2D eigenvalue weighted by atomic mass is 32.2. The molecule has 0 saturated carbocycles. The van der Waals surface area contributed by atoms with Crippen LogP contribution in [0.3, 0.4) is 0 Å². The molecule has 7 heteroatoms. The molecule has 1 saturated heterocycles. The second-order valence-corrected chi connectivity index (χ2v) is 11.3. The number of carbonyl (C=O) groups is 1. The lowest BCUT2D eigenvalue weighted by Gasteiger charge is -2.37. The molecule has 0 aliphatic carbocycles. The van der Waals surface area contributed by atoms with Gasteiger partial charge in [-0.3, -0.25) is 4.90 Å². The summed E-state index contributed by atoms with van der Waals surface area (Å²) in [6.45, 7) is 4.95.